The van der Waals surface area contributed by atoms with Crippen LogP contribution in [0.2, 0.25) is 0 Å². The Kier molecular flexibility index (Phi) is 4.26. The Morgan fingerprint density at radius 1 is 0.957 bits per heavy atom. The Labute approximate surface area is 135 Å². The highest BCUT2D eigenvalue weighted by Crippen LogP contribution is 2.33. The van der Waals surface area contributed by atoms with Crippen LogP contribution in [-0.2, 0) is 4.74 Å². The monoisotopic (exact) mass is 309 g/mol. The van der Waals surface area contributed by atoms with Crippen LogP contribution in [0.15, 0.2) is 36.4 Å². The number of ketones is 2. The molecule has 0 saturated carbocycles. The van der Waals surface area contributed by atoms with Crippen LogP contribution >= 0.6 is 0 Å². The molecule has 0 atom stereocenters. The van der Waals surface area contributed by atoms with Gasteiger partial charge in [-0.3, -0.25) is 9.59 Å². The first kappa shape index (κ1) is 15.4. The van der Waals surface area contributed by atoms with Gasteiger partial charge >= 0.3 is 0 Å². The molecule has 4 heteroatoms. The average Bonchev–Trinajstić information content (AvgIpc) is 2.57. The molecule has 23 heavy (non-hydrogen) atoms. The van der Waals surface area contributed by atoms with Crippen LogP contribution in [0.4, 0.5) is 5.69 Å². The molecule has 1 aliphatic rings. The van der Waals surface area contributed by atoms with Crippen molar-refractivity contribution in [3.8, 4) is 0 Å². The number of aryl methyl sites for hydroxylation is 1. The summed E-state index contributed by atoms with van der Waals surface area (Å²) in [6.45, 7) is 3.20. The van der Waals surface area contributed by atoms with Crippen molar-refractivity contribution in [1.82, 2.24) is 0 Å². The summed E-state index contributed by atoms with van der Waals surface area (Å²) in [4.78, 5) is 25.7. The van der Waals surface area contributed by atoms with Crippen LogP contribution in [0.3, 0.4) is 0 Å². The van der Waals surface area contributed by atoms with Gasteiger partial charge in [-0.05, 0) is 25.0 Å². The number of fused-ring (bicyclic) bond motifs is 2. The zero-order valence-corrected chi connectivity index (χ0v) is 13.3. The smallest absolute Gasteiger partial charge is 0.196 e. The summed E-state index contributed by atoms with van der Waals surface area (Å²) < 4.78 is 5.04. The minimum atomic E-state index is -0.0897. The van der Waals surface area contributed by atoms with E-state index in [4.69, 9.17) is 4.74 Å². The van der Waals surface area contributed by atoms with E-state index in [1.54, 1.807) is 31.4 Å². The molecule has 0 fully saturated rings. The van der Waals surface area contributed by atoms with Gasteiger partial charge in [0.2, 0.25) is 0 Å². The van der Waals surface area contributed by atoms with Gasteiger partial charge in [0, 0.05) is 42.6 Å². The fraction of sp³-hybridized carbons (Fsp3) is 0.263. The molecule has 2 aromatic carbocycles. The lowest BCUT2D eigenvalue weighted by Gasteiger charge is -2.22. The van der Waals surface area contributed by atoms with Gasteiger partial charge in [0.1, 0.15) is 0 Å². The van der Waals surface area contributed by atoms with Gasteiger partial charge in [-0.15, -0.1) is 0 Å². The van der Waals surface area contributed by atoms with Crippen molar-refractivity contribution in [2.45, 2.75) is 13.3 Å². The van der Waals surface area contributed by atoms with Crippen molar-refractivity contribution >= 4 is 17.3 Å². The first-order valence-corrected chi connectivity index (χ1v) is 7.70. The Bertz CT molecular complexity index is 780. The van der Waals surface area contributed by atoms with Gasteiger partial charge in [-0.1, -0.05) is 30.3 Å². The second-order valence-corrected chi connectivity index (χ2v) is 5.66. The van der Waals surface area contributed by atoms with E-state index in [1.165, 1.54) is 0 Å². The molecule has 2 aromatic rings. The number of ether oxygens (including phenoxy) is 1. The number of rotatable bonds is 5. The SMILES string of the molecule is COCCCNc1ccc(C)c2c1C(=O)c1ccccc1C2=O. The van der Waals surface area contributed by atoms with E-state index in [9.17, 15) is 9.59 Å². The number of methoxy groups -OCH3 is 1. The molecule has 4 nitrogen and oxygen atoms in total. The average molecular weight is 309 g/mol. The van der Waals surface area contributed by atoms with Crippen molar-refractivity contribution in [3.05, 3.63) is 64.2 Å². The Balaban J connectivity index is 2.04. The van der Waals surface area contributed by atoms with E-state index < -0.39 is 0 Å². The van der Waals surface area contributed by atoms with E-state index in [2.05, 4.69) is 5.32 Å². The van der Waals surface area contributed by atoms with Crippen molar-refractivity contribution in [1.29, 1.82) is 0 Å². The first-order valence-electron chi connectivity index (χ1n) is 7.70. The summed E-state index contributed by atoms with van der Waals surface area (Å²) in [5.41, 5.74) is 3.53. The van der Waals surface area contributed by atoms with E-state index in [0.29, 0.717) is 35.4 Å². The number of hydrogen-bond donors (Lipinski definition) is 1. The van der Waals surface area contributed by atoms with Crippen LogP contribution in [-0.4, -0.2) is 31.8 Å². The predicted octanol–water partition coefficient (Wildman–Crippen LogP) is 3.22. The molecule has 0 aromatic heterocycles. The van der Waals surface area contributed by atoms with Crippen LogP contribution in [0.1, 0.15) is 43.8 Å². The molecule has 0 spiro atoms. The fourth-order valence-electron chi connectivity index (χ4n) is 2.97. The standard InChI is InChI=1S/C19H19NO3/c1-12-8-9-15(20-10-5-11-23-2)17-16(12)18(21)13-6-3-4-7-14(13)19(17)22/h3-4,6-9,20H,5,10-11H2,1-2H3. The summed E-state index contributed by atoms with van der Waals surface area (Å²) >= 11 is 0. The maximum Gasteiger partial charge on any atom is 0.196 e. The number of nitrogens with one attached hydrogen (secondary N) is 1. The Morgan fingerprint density at radius 2 is 1.61 bits per heavy atom. The van der Waals surface area contributed by atoms with E-state index >= 15 is 0 Å². The Hall–Kier alpha value is -2.46. The fourth-order valence-corrected chi connectivity index (χ4v) is 2.97. The number of anilines is 1. The number of carbonyl (C=O) groups excluding carboxylic acids is 2. The number of hydrogen-bond acceptors (Lipinski definition) is 4. The minimum Gasteiger partial charge on any atom is -0.385 e. The molecule has 0 aliphatic heterocycles. The minimum absolute atomic E-state index is 0.0757. The van der Waals surface area contributed by atoms with Crippen molar-refractivity contribution in [3.63, 3.8) is 0 Å². The molecule has 1 aliphatic carbocycles. The molecule has 0 radical (unpaired) electrons. The molecule has 0 amide bonds. The molecular formula is C19H19NO3. The van der Waals surface area contributed by atoms with Crippen molar-refractivity contribution < 1.29 is 14.3 Å². The summed E-state index contributed by atoms with van der Waals surface area (Å²) in [7, 11) is 1.66. The third-order valence-corrected chi connectivity index (χ3v) is 4.12. The van der Waals surface area contributed by atoms with Gasteiger partial charge in [0.15, 0.2) is 11.6 Å². The normalized spacial score (nSPS) is 12.8. The summed E-state index contributed by atoms with van der Waals surface area (Å²) in [6.07, 6.45) is 0.831. The zero-order chi connectivity index (χ0) is 16.4. The maximum atomic E-state index is 12.9. The summed E-state index contributed by atoms with van der Waals surface area (Å²) in [6, 6.07) is 10.8. The van der Waals surface area contributed by atoms with Crippen LogP contribution in [0.5, 0.6) is 0 Å². The molecular weight excluding hydrogens is 290 g/mol. The van der Waals surface area contributed by atoms with Crippen LogP contribution in [0.25, 0.3) is 0 Å². The Morgan fingerprint density at radius 3 is 2.26 bits per heavy atom. The van der Waals surface area contributed by atoms with Crippen molar-refractivity contribution in [2.24, 2.45) is 0 Å². The third kappa shape index (κ3) is 2.66. The number of benzene rings is 2. The lowest BCUT2D eigenvalue weighted by atomic mass is 9.81. The summed E-state index contributed by atoms with van der Waals surface area (Å²) in [5.74, 6) is -0.165. The number of carbonyl (C=O) groups is 2. The summed E-state index contributed by atoms with van der Waals surface area (Å²) in [5, 5.41) is 3.26. The van der Waals surface area contributed by atoms with Gasteiger partial charge in [0.05, 0.1) is 5.56 Å². The lowest BCUT2D eigenvalue weighted by molar-refractivity contribution is 0.0979. The highest BCUT2D eigenvalue weighted by molar-refractivity contribution is 6.30. The highest BCUT2D eigenvalue weighted by Gasteiger charge is 2.32. The van der Waals surface area contributed by atoms with E-state index in [0.717, 1.165) is 17.7 Å². The second-order valence-electron chi connectivity index (χ2n) is 5.66. The third-order valence-electron chi connectivity index (χ3n) is 4.12. The lowest BCUT2D eigenvalue weighted by Crippen LogP contribution is -2.24. The first-order chi connectivity index (χ1) is 11.1. The van der Waals surface area contributed by atoms with Gasteiger partial charge in [-0.2, -0.15) is 0 Å². The molecule has 0 heterocycles. The molecule has 0 saturated heterocycles. The predicted molar refractivity (Wildman–Crippen MR) is 89.5 cm³/mol. The van der Waals surface area contributed by atoms with Gasteiger partial charge < -0.3 is 10.1 Å². The van der Waals surface area contributed by atoms with E-state index in [1.807, 2.05) is 19.1 Å². The van der Waals surface area contributed by atoms with Crippen molar-refractivity contribution in [2.75, 3.05) is 25.6 Å². The molecule has 0 bridgehead atoms. The zero-order valence-electron chi connectivity index (χ0n) is 13.3. The van der Waals surface area contributed by atoms with Gasteiger partial charge in [-0.25, -0.2) is 0 Å². The maximum absolute atomic E-state index is 12.9. The molecule has 0 unspecified atom stereocenters. The molecule has 118 valence electrons. The molecule has 1 N–H and O–H groups in total. The van der Waals surface area contributed by atoms with Crippen LogP contribution in [0, 0.1) is 6.92 Å². The quantitative estimate of drug-likeness (QED) is 0.735. The van der Waals surface area contributed by atoms with Gasteiger partial charge in [0.25, 0.3) is 0 Å². The van der Waals surface area contributed by atoms with E-state index in [-0.39, 0.29) is 11.6 Å². The second kappa shape index (κ2) is 6.34. The topological polar surface area (TPSA) is 55.4 Å². The molecule has 3 rings (SSSR count). The highest BCUT2D eigenvalue weighted by atomic mass is 16.5. The van der Waals surface area contributed by atoms with Crippen LogP contribution < -0.4 is 5.32 Å². The largest absolute Gasteiger partial charge is 0.385 e.